The highest BCUT2D eigenvalue weighted by atomic mass is 16.7. The summed E-state index contributed by atoms with van der Waals surface area (Å²) in [6.07, 6.45) is -0.618. The van der Waals surface area contributed by atoms with E-state index in [0.717, 1.165) is 0 Å². The third-order valence-corrected chi connectivity index (χ3v) is 3.27. The SMILES string of the molecule is N#Cc1c2c([nH]c(=O)c1C#N)C([N+](=O)[O-])([N+](=O)[O-])CC2. The van der Waals surface area contributed by atoms with Gasteiger partial charge < -0.3 is 4.98 Å². The summed E-state index contributed by atoms with van der Waals surface area (Å²) in [7, 11) is 0. The van der Waals surface area contributed by atoms with Crippen LogP contribution in [0.5, 0.6) is 0 Å². The first kappa shape index (κ1) is 13.2. The molecule has 0 spiro atoms. The summed E-state index contributed by atoms with van der Waals surface area (Å²) in [6.45, 7) is 0. The predicted octanol–water partition coefficient (Wildman–Crippen LogP) is -0.229. The van der Waals surface area contributed by atoms with E-state index in [0.29, 0.717) is 0 Å². The summed E-state index contributed by atoms with van der Waals surface area (Å²) < 4.78 is 0. The second-order valence-corrected chi connectivity index (χ2v) is 4.11. The zero-order chi connectivity index (χ0) is 15.1. The van der Waals surface area contributed by atoms with E-state index in [2.05, 4.69) is 0 Å². The molecule has 2 rings (SSSR count). The normalized spacial score (nSPS) is 14.9. The molecule has 20 heavy (non-hydrogen) atoms. The quantitative estimate of drug-likeness (QED) is 0.441. The minimum absolute atomic E-state index is 0.0166. The van der Waals surface area contributed by atoms with Gasteiger partial charge in [0, 0.05) is 5.56 Å². The van der Waals surface area contributed by atoms with Crippen LogP contribution in [0.2, 0.25) is 0 Å². The zero-order valence-corrected chi connectivity index (χ0v) is 9.74. The van der Waals surface area contributed by atoms with Gasteiger partial charge in [-0.15, -0.1) is 0 Å². The Kier molecular flexibility index (Phi) is 2.72. The number of fused-ring (bicyclic) bond motifs is 1. The van der Waals surface area contributed by atoms with E-state index in [1.807, 2.05) is 4.98 Å². The first-order chi connectivity index (χ1) is 9.40. The summed E-state index contributed by atoms with van der Waals surface area (Å²) in [6, 6.07) is 3.14. The lowest BCUT2D eigenvalue weighted by atomic mass is 10.0. The highest BCUT2D eigenvalue weighted by Crippen LogP contribution is 2.39. The highest BCUT2D eigenvalue weighted by Gasteiger charge is 2.64. The number of H-pyrrole nitrogens is 1. The molecule has 10 nitrogen and oxygen atoms in total. The van der Waals surface area contributed by atoms with Crippen molar-refractivity contribution in [1.29, 1.82) is 10.5 Å². The molecule has 1 heterocycles. The lowest BCUT2D eigenvalue weighted by molar-refractivity contribution is -0.810. The Morgan fingerprint density at radius 3 is 2.15 bits per heavy atom. The van der Waals surface area contributed by atoms with Crippen molar-refractivity contribution in [3.63, 3.8) is 0 Å². The maximum Gasteiger partial charge on any atom is 0.499 e. The van der Waals surface area contributed by atoms with Crippen LogP contribution in [0.1, 0.15) is 28.8 Å². The third-order valence-electron chi connectivity index (χ3n) is 3.27. The number of rotatable bonds is 2. The van der Waals surface area contributed by atoms with Crippen molar-refractivity contribution in [3.8, 4) is 12.1 Å². The molecule has 0 saturated carbocycles. The molecule has 10 heteroatoms. The molecule has 1 aliphatic carbocycles. The minimum Gasteiger partial charge on any atom is -0.312 e. The van der Waals surface area contributed by atoms with E-state index in [1.165, 1.54) is 6.07 Å². The van der Waals surface area contributed by atoms with Crippen LogP contribution in [0.15, 0.2) is 4.79 Å². The molecular weight excluding hydrogens is 270 g/mol. The molecule has 0 fully saturated rings. The number of nitro groups is 2. The van der Waals surface area contributed by atoms with Crippen LogP contribution in [-0.4, -0.2) is 14.8 Å². The first-order valence-corrected chi connectivity index (χ1v) is 5.29. The molecule has 0 unspecified atom stereocenters. The molecule has 0 saturated heterocycles. The fourth-order valence-corrected chi connectivity index (χ4v) is 2.32. The van der Waals surface area contributed by atoms with Crippen molar-refractivity contribution in [1.82, 2.24) is 4.98 Å². The van der Waals surface area contributed by atoms with Gasteiger partial charge in [0.15, 0.2) is 5.69 Å². The second-order valence-electron chi connectivity index (χ2n) is 4.11. The summed E-state index contributed by atoms with van der Waals surface area (Å²) in [5.41, 5.74) is -5.08. The molecule has 100 valence electrons. The van der Waals surface area contributed by atoms with Crippen molar-refractivity contribution in [2.24, 2.45) is 0 Å². The van der Waals surface area contributed by atoms with Gasteiger partial charge >= 0.3 is 5.66 Å². The molecule has 1 aliphatic rings. The fourth-order valence-electron chi connectivity index (χ4n) is 2.32. The van der Waals surface area contributed by atoms with E-state index in [9.17, 15) is 25.0 Å². The van der Waals surface area contributed by atoms with Crippen molar-refractivity contribution >= 4 is 0 Å². The smallest absolute Gasteiger partial charge is 0.312 e. The maximum absolute atomic E-state index is 11.6. The van der Waals surface area contributed by atoms with Crippen molar-refractivity contribution in [2.75, 3.05) is 0 Å². The van der Waals surface area contributed by atoms with Gasteiger partial charge in [-0.05, 0) is 6.42 Å². The molecule has 0 radical (unpaired) electrons. The fraction of sp³-hybridized carbons (Fsp3) is 0.300. The van der Waals surface area contributed by atoms with Gasteiger partial charge in [-0.2, -0.15) is 10.5 Å². The van der Waals surface area contributed by atoms with Crippen LogP contribution < -0.4 is 5.56 Å². The van der Waals surface area contributed by atoms with Crippen molar-refractivity contribution in [2.45, 2.75) is 18.5 Å². The Balaban J connectivity index is 2.92. The van der Waals surface area contributed by atoms with Gasteiger partial charge in [0.2, 0.25) is 0 Å². The number of nitrogens with zero attached hydrogens (tertiary/aromatic N) is 4. The number of pyridine rings is 1. The molecule has 0 atom stereocenters. The van der Waals surface area contributed by atoms with Crippen molar-refractivity contribution in [3.05, 3.63) is 53.0 Å². The van der Waals surface area contributed by atoms with Gasteiger partial charge in [0.1, 0.15) is 34.0 Å². The molecule has 0 bridgehead atoms. The molecule has 0 aliphatic heterocycles. The Bertz CT molecular complexity index is 767. The van der Waals surface area contributed by atoms with Crippen LogP contribution in [-0.2, 0) is 12.1 Å². The molecular formula is C10H5N5O5. The van der Waals surface area contributed by atoms with Gasteiger partial charge in [0.05, 0.1) is 5.56 Å². The molecule has 1 aromatic rings. The number of nitrogens with one attached hydrogen (secondary N) is 1. The number of hydrogen-bond donors (Lipinski definition) is 1. The van der Waals surface area contributed by atoms with Gasteiger partial charge in [-0.3, -0.25) is 25.0 Å². The highest BCUT2D eigenvalue weighted by molar-refractivity contribution is 5.53. The van der Waals surface area contributed by atoms with E-state index in [4.69, 9.17) is 10.5 Å². The number of hydrogen-bond acceptors (Lipinski definition) is 7. The van der Waals surface area contributed by atoms with E-state index in [1.54, 1.807) is 6.07 Å². The molecule has 0 aromatic carbocycles. The lowest BCUT2D eigenvalue weighted by Crippen LogP contribution is -2.43. The summed E-state index contributed by atoms with van der Waals surface area (Å²) in [5, 5.41) is 40.0. The minimum atomic E-state index is -2.67. The molecule has 1 aromatic heterocycles. The largest absolute Gasteiger partial charge is 0.499 e. The third kappa shape index (κ3) is 1.39. The average molecular weight is 275 g/mol. The average Bonchev–Trinajstić information content (AvgIpc) is 2.76. The van der Waals surface area contributed by atoms with Crippen LogP contribution >= 0.6 is 0 Å². The van der Waals surface area contributed by atoms with Crippen molar-refractivity contribution < 1.29 is 9.85 Å². The van der Waals surface area contributed by atoms with Crippen LogP contribution in [0.3, 0.4) is 0 Å². The van der Waals surface area contributed by atoms with Crippen LogP contribution in [0.25, 0.3) is 0 Å². The van der Waals surface area contributed by atoms with E-state index >= 15 is 0 Å². The molecule has 1 N–H and O–H groups in total. The van der Waals surface area contributed by atoms with Gasteiger partial charge in [0.25, 0.3) is 5.56 Å². The van der Waals surface area contributed by atoms with Gasteiger partial charge in [-0.25, -0.2) is 0 Å². The Hall–Kier alpha value is -3.27. The Morgan fingerprint density at radius 2 is 1.70 bits per heavy atom. The number of aromatic nitrogens is 1. The molecule has 0 amide bonds. The van der Waals surface area contributed by atoms with E-state index < -0.39 is 38.7 Å². The van der Waals surface area contributed by atoms with Crippen LogP contribution in [0.4, 0.5) is 0 Å². The van der Waals surface area contributed by atoms with E-state index in [-0.39, 0.29) is 17.5 Å². The summed E-state index contributed by atoms with van der Waals surface area (Å²) >= 11 is 0. The summed E-state index contributed by atoms with van der Waals surface area (Å²) in [5.74, 6) is 0. The number of aromatic amines is 1. The maximum atomic E-state index is 11.6. The number of nitriles is 2. The standard InChI is InChI=1S/C10H5N5O5/c11-3-6-5-1-2-10(14(17)18,15(19)20)8(5)13-9(16)7(6)4-12/h1-2H2,(H,13,16). The zero-order valence-electron chi connectivity index (χ0n) is 9.74. The predicted molar refractivity (Wildman–Crippen MR) is 60.5 cm³/mol. The Labute approximate surface area is 110 Å². The summed E-state index contributed by atoms with van der Waals surface area (Å²) in [4.78, 5) is 33.7. The van der Waals surface area contributed by atoms with Crippen LogP contribution in [0, 0.1) is 42.9 Å². The Morgan fingerprint density at radius 1 is 1.15 bits per heavy atom. The van der Waals surface area contributed by atoms with Gasteiger partial charge in [-0.1, -0.05) is 0 Å². The topological polar surface area (TPSA) is 167 Å². The second kappa shape index (κ2) is 4.13. The first-order valence-electron chi connectivity index (χ1n) is 5.29. The monoisotopic (exact) mass is 275 g/mol. The lowest BCUT2D eigenvalue weighted by Gasteiger charge is -2.12.